The first-order valence-electron chi connectivity index (χ1n) is 5.04. The van der Waals surface area contributed by atoms with Gasteiger partial charge in [-0.25, -0.2) is 0 Å². The summed E-state index contributed by atoms with van der Waals surface area (Å²) in [5, 5.41) is 1.83. The van der Waals surface area contributed by atoms with E-state index in [1.54, 1.807) is 14.2 Å². The maximum atomic E-state index is 10.6. The molecule has 0 radical (unpaired) electrons. The zero-order valence-corrected chi connectivity index (χ0v) is 10.4. The molecule has 0 N–H and O–H groups in total. The van der Waals surface area contributed by atoms with Crippen LogP contribution in [-0.4, -0.2) is 20.5 Å². The van der Waals surface area contributed by atoms with Gasteiger partial charge in [-0.2, -0.15) is 0 Å². The lowest BCUT2D eigenvalue weighted by Crippen LogP contribution is -1.90. The largest absolute Gasteiger partial charge is 0.493 e. The van der Waals surface area contributed by atoms with Crippen LogP contribution in [0.3, 0.4) is 0 Å². The number of carbonyl (C=O) groups is 1. The summed E-state index contributed by atoms with van der Waals surface area (Å²) in [4.78, 5) is 11.7. The van der Waals surface area contributed by atoms with Crippen molar-refractivity contribution in [3.05, 3.63) is 35.2 Å². The van der Waals surface area contributed by atoms with Crippen LogP contribution in [0.5, 0.6) is 11.5 Å². The van der Waals surface area contributed by atoms with Gasteiger partial charge in [-0.05, 0) is 29.8 Å². The highest BCUT2D eigenvalue weighted by Crippen LogP contribution is 2.34. The number of methoxy groups -OCH3 is 2. The second kappa shape index (κ2) is 5.01. The van der Waals surface area contributed by atoms with Gasteiger partial charge in [0.15, 0.2) is 17.8 Å². The maximum absolute atomic E-state index is 10.6. The van der Waals surface area contributed by atoms with Gasteiger partial charge in [-0.3, -0.25) is 4.79 Å². The molecular formula is C13H12O3S. The molecule has 3 nitrogen and oxygen atoms in total. The third kappa shape index (κ3) is 2.31. The average Bonchev–Trinajstić information content (AvgIpc) is 2.86. The van der Waals surface area contributed by atoms with E-state index in [0.717, 1.165) is 16.7 Å². The van der Waals surface area contributed by atoms with Gasteiger partial charge < -0.3 is 9.47 Å². The molecule has 0 atom stereocenters. The highest BCUT2D eigenvalue weighted by molar-refractivity contribution is 7.13. The lowest BCUT2D eigenvalue weighted by molar-refractivity contribution is 0.112. The van der Waals surface area contributed by atoms with E-state index in [2.05, 4.69) is 0 Å². The minimum absolute atomic E-state index is 0.686. The van der Waals surface area contributed by atoms with Crippen molar-refractivity contribution in [2.75, 3.05) is 14.2 Å². The molecule has 2 aromatic rings. The zero-order valence-electron chi connectivity index (χ0n) is 9.60. The maximum Gasteiger partial charge on any atom is 0.161 e. The predicted octanol–water partition coefficient (Wildman–Crippen LogP) is 3.24. The Kier molecular flexibility index (Phi) is 3.44. The zero-order chi connectivity index (χ0) is 12.3. The number of aldehydes is 1. The second-order valence-electron chi connectivity index (χ2n) is 3.43. The van der Waals surface area contributed by atoms with E-state index >= 15 is 0 Å². The molecule has 0 aliphatic heterocycles. The highest BCUT2D eigenvalue weighted by Gasteiger charge is 2.07. The van der Waals surface area contributed by atoms with Gasteiger partial charge in [0, 0.05) is 15.8 Å². The number of hydrogen-bond donors (Lipinski definition) is 0. The molecule has 1 aromatic heterocycles. The van der Waals surface area contributed by atoms with Crippen LogP contribution in [-0.2, 0) is 0 Å². The number of benzene rings is 1. The van der Waals surface area contributed by atoms with Crippen molar-refractivity contribution in [1.29, 1.82) is 0 Å². The summed E-state index contributed by atoms with van der Waals surface area (Å²) in [6.07, 6.45) is 0.848. The molecule has 88 valence electrons. The molecule has 4 heteroatoms. The first-order valence-corrected chi connectivity index (χ1v) is 5.92. The van der Waals surface area contributed by atoms with Gasteiger partial charge in [0.2, 0.25) is 0 Å². The van der Waals surface area contributed by atoms with Crippen LogP contribution < -0.4 is 9.47 Å². The number of ether oxygens (including phenoxy) is 2. The van der Waals surface area contributed by atoms with E-state index in [1.165, 1.54) is 11.3 Å². The Morgan fingerprint density at radius 1 is 1.12 bits per heavy atom. The molecule has 0 fully saturated rings. The van der Waals surface area contributed by atoms with Crippen molar-refractivity contribution in [3.8, 4) is 21.9 Å². The summed E-state index contributed by atoms with van der Waals surface area (Å²) in [7, 11) is 3.21. The van der Waals surface area contributed by atoms with Crippen LogP contribution in [0.25, 0.3) is 10.4 Å². The summed E-state index contributed by atoms with van der Waals surface area (Å²) in [6.45, 7) is 0. The van der Waals surface area contributed by atoms with E-state index in [9.17, 15) is 4.79 Å². The van der Waals surface area contributed by atoms with E-state index in [-0.39, 0.29) is 0 Å². The fourth-order valence-corrected chi connectivity index (χ4v) is 2.41. The van der Waals surface area contributed by atoms with Crippen molar-refractivity contribution >= 4 is 17.6 Å². The summed E-state index contributed by atoms with van der Waals surface area (Å²) in [5.41, 5.74) is 1.71. The van der Waals surface area contributed by atoms with Crippen molar-refractivity contribution < 1.29 is 14.3 Å². The topological polar surface area (TPSA) is 35.5 Å². The van der Waals surface area contributed by atoms with Crippen molar-refractivity contribution in [2.24, 2.45) is 0 Å². The normalized spacial score (nSPS) is 10.0. The van der Waals surface area contributed by atoms with Crippen LogP contribution in [0.1, 0.15) is 10.4 Å². The van der Waals surface area contributed by atoms with Crippen LogP contribution in [0, 0.1) is 0 Å². The molecule has 0 unspecified atom stereocenters. The highest BCUT2D eigenvalue weighted by atomic mass is 32.1. The number of hydrogen-bond acceptors (Lipinski definition) is 4. The van der Waals surface area contributed by atoms with Crippen LogP contribution in [0.4, 0.5) is 0 Å². The monoisotopic (exact) mass is 248 g/mol. The molecule has 0 spiro atoms. The molecule has 0 aliphatic carbocycles. The summed E-state index contributed by atoms with van der Waals surface area (Å²) in [5.74, 6) is 1.38. The third-order valence-corrected chi connectivity index (χ3v) is 3.42. The Labute approximate surface area is 104 Å². The first-order chi connectivity index (χ1) is 8.28. The molecule has 0 amide bonds. The van der Waals surface area contributed by atoms with Crippen molar-refractivity contribution in [3.63, 3.8) is 0 Å². The molecule has 1 aromatic carbocycles. The SMILES string of the molecule is COc1ccc(-c2cc(C=O)cs2)cc1OC. The lowest BCUT2D eigenvalue weighted by atomic mass is 10.1. The standard InChI is InChI=1S/C13H12O3S/c1-15-11-4-3-10(6-12(11)16-2)13-5-9(7-14)8-17-13/h3-8H,1-2H3. The van der Waals surface area contributed by atoms with Gasteiger partial charge in [0.25, 0.3) is 0 Å². The lowest BCUT2D eigenvalue weighted by Gasteiger charge is -2.08. The van der Waals surface area contributed by atoms with Gasteiger partial charge in [0.1, 0.15) is 0 Å². The van der Waals surface area contributed by atoms with E-state index in [4.69, 9.17) is 9.47 Å². The third-order valence-electron chi connectivity index (χ3n) is 2.42. The first kappa shape index (κ1) is 11.7. The molecule has 0 saturated heterocycles. The van der Waals surface area contributed by atoms with Gasteiger partial charge in [-0.15, -0.1) is 11.3 Å². The summed E-state index contributed by atoms with van der Waals surface area (Å²) >= 11 is 1.53. The molecular weight excluding hydrogens is 236 g/mol. The Balaban J connectivity index is 2.42. The average molecular weight is 248 g/mol. The smallest absolute Gasteiger partial charge is 0.161 e. The number of thiophene rings is 1. The van der Waals surface area contributed by atoms with E-state index in [0.29, 0.717) is 17.1 Å². The van der Waals surface area contributed by atoms with E-state index in [1.807, 2.05) is 29.6 Å². The number of carbonyl (C=O) groups excluding carboxylic acids is 1. The molecule has 1 heterocycles. The summed E-state index contributed by atoms with van der Waals surface area (Å²) in [6, 6.07) is 7.56. The van der Waals surface area contributed by atoms with Gasteiger partial charge in [-0.1, -0.05) is 0 Å². The summed E-state index contributed by atoms with van der Waals surface area (Å²) < 4.78 is 10.4. The van der Waals surface area contributed by atoms with Crippen LogP contribution in [0.15, 0.2) is 29.6 Å². The molecule has 0 saturated carbocycles. The van der Waals surface area contributed by atoms with Gasteiger partial charge >= 0.3 is 0 Å². The van der Waals surface area contributed by atoms with Crippen LogP contribution in [0.2, 0.25) is 0 Å². The van der Waals surface area contributed by atoms with E-state index < -0.39 is 0 Å². The van der Waals surface area contributed by atoms with Crippen LogP contribution >= 0.6 is 11.3 Å². The molecule has 0 bridgehead atoms. The Morgan fingerprint density at radius 3 is 2.47 bits per heavy atom. The second-order valence-corrected chi connectivity index (χ2v) is 4.34. The fourth-order valence-electron chi connectivity index (χ4n) is 1.55. The predicted molar refractivity (Wildman–Crippen MR) is 68.2 cm³/mol. The molecule has 2 rings (SSSR count). The Hall–Kier alpha value is -1.81. The quantitative estimate of drug-likeness (QED) is 0.779. The number of rotatable bonds is 4. The van der Waals surface area contributed by atoms with Crippen molar-refractivity contribution in [1.82, 2.24) is 0 Å². The minimum Gasteiger partial charge on any atom is -0.493 e. The fraction of sp³-hybridized carbons (Fsp3) is 0.154. The minimum atomic E-state index is 0.686. The Morgan fingerprint density at radius 2 is 1.88 bits per heavy atom. The Bertz CT molecular complexity index is 531. The van der Waals surface area contributed by atoms with Crippen molar-refractivity contribution in [2.45, 2.75) is 0 Å². The molecule has 17 heavy (non-hydrogen) atoms. The van der Waals surface area contributed by atoms with Gasteiger partial charge in [0.05, 0.1) is 14.2 Å². The molecule has 0 aliphatic rings.